The zero-order valence-corrected chi connectivity index (χ0v) is 20.8. The summed E-state index contributed by atoms with van der Waals surface area (Å²) in [6, 6.07) is 9.08. The van der Waals surface area contributed by atoms with Crippen molar-refractivity contribution >= 4 is 50.7 Å². The quantitative estimate of drug-likeness (QED) is 0.518. The Labute approximate surface area is 203 Å². The first kappa shape index (κ1) is 26.9. The van der Waals surface area contributed by atoms with Crippen molar-refractivity contribution in [2.24, 2.45) is 0 Å². The predicted octanol–water partition coefficient (Wildman–Crippen LogP) is 3.84. The molecule has 2 aromatic rings. The van der Waals surface area contributed by atoms with Crippen LogP contribution in [-0.2, 0) is 26.2 Å². The van der Waals surface area contributed by atoms with Crippen molar-refractivity contribution < 1.29 is 22.4 Å². The Kier molecular flexibility index (Phi) is 9.51. The van der Waals surface area contributed by atoms with Gasteiger partial charge in [0.05, 0.1) is 17.0 Å². The highest BCUT2D eigenvalue weighted by molar-refractivity contribution is 7.92. The van der Waals surface area contributed by atoms with Gasteiger partial charge in [-0.2, -0.15) is 0 Å². The molecular weight excluding hydrogens is 492 g/mol. The van der Waals surface area contributed by atoms with Crippen molar-refractivity contribution in [3.8, 4) is 0 Å². The normalized spacial score (nSPS) is 12.2. The lowest BCUT2D eigenvalue weighted by Crippen LogP contribution is -2.51. The molecule has 0 saturated heterocycles. The maximum Gasteiger partial charge on any atom is 0.244 e. The lowest BCUT2D eigenvalue weighted by Gasteiger charge is -2.31. The minimum absolute atomic E-state index is 0.0371. The van der Waals surface area contributed by atoms with Crippen LogP contribution in [0.5, 0.6) is 0 Å². The summed E-state index contributed by atoms with van der Waals surface area (Å²) in [7, 11) is -3.94. The van der Waals surface area contributed by atoms with E-state index >= 15 is 0 Å². The largest absolute Gasteiger partial charge is 0.354 e. The van der Waals surface area contributed by atoms with Crippen molar-refractivity contribution in [1.82, 2.24) is 10.2 Å². The fourth-order valence-corrected chi connectivity index (χ4v) is 4.49. The summed E-state index contributed by atoms with van der Waals surface area (Å²) in [6.07, 6.45) is 1.63. The van der Waals surface area contributed by atoms with Gasteiger partial charge in [-0.05, 0) is 37.6 Å². The Morgan fingerprint density at radius 3 is 2.39 bits per heavy atom. The third kappa shape index (κ3) is 7.31. The molecule has 0 aliphatic rings. The molecule has 0 aromatic heterocycles. The topological polar surface area (TPSA) is 86.8 Å². The number of nitrogens with one attached hydrogen (secondary N) is 1. The molecule has 33 heavy (non-hydrogen) atoms. The standard InChI is InChI=1S/C22H26Cl2FN3O4S/c1-4-11-26-22(30)15(2)27(13-16-7-5-6-8-19(16)25)21(29)14-28(33(3,31)32)20-10-9-17(23)12-18(20)24/h5-10,12,15H,4,11,13-14H2,1-3H3,(H,26,30)/t15-/m0/s1. The molecule has 0 aliphatic carbocycles. The number of halogens is 3. The van der Waals surface area contributed by atoms with Crippen molar-refractivity contribution in [3.05, 3.63) is 63.9 Å². The zero-order chi connectivity index (χ0) is 24.8. The molecule has 2 amide bonds. The van der Waals surface area contributed by atoms with Gasteiger partial charge in [-0.25, -0.2) is 12.8 Å². The van der Waals surface area contributed by atoms with Gasteiger partial charge in [-0.1, -0.05) is 48.3 Å². The van der Waals surface area contributed by atoms with Crippen LogP contribution in [0.3, 0.4) is 0 Å². The average Bonchev–Trinajstić information content (AvgIpc) is 2.74. The van der Waals surface area contributed by atoms with Crippen LogP contribution < -0.4 is 9.62 Å². The average molecular weight is 518 g/mol. The highest BCUT2D eigenvalue weighted by Crippen LogP contribution is 2.30. The van der Waals surface area contributed by atoms with Gasteiger partial charge in [-0.15, -0.1) is 0 Å². The number of carbonyl (C=O) groups excluding carboxylic acids is 2. The number of carbonyl (C=O) groups is 2. The molecule has 0 unspecified atom stereocenters. The molecule has 7 nitrogen and oxygen atoms in total. The molecule has 2 aromatic carbocycles. The first-order chi connectivity index (χ1) is 15.5. The van der Waals surface area contributed by atoms with Crippen LogP contribution in [0.2, 0.25) is 10.0 Å². The van der Waals surface area contributed by atoms with E-state index in [1.165, 1.54) is 43.3 Å². The number of anilines is 1. The van der Waals surface area contributed by atoms with E-state index in [9.17, 15) is 22.4 Å². The first-order valence-corrected chi connectivity index (χ1v) is 12.8. The van der Waals surface area contributed by atoms with E-state index in [0.717, 1.165) is 15.5 Å². The predicted molar refractivity (Wildman–Crippen MR) is 128 cm³/mol. The molecule has 1 N–H and O–H groups in total. The molecule has 0 bridgehead atoms. The summed E-state index contributed by atoms with van der Waals surface area (Å²) >= 11 is 12.1. The fraction of sp³-hybridized carbons (Fsp3) is 0.364. The minimum atomic E-state index is -3.94. The molecule has 2 rings (SSSR count). The molecule has 0 aliphatic heterocycles. The van der Waals surface area contributed by atoms with Crippen LogP contribution in [-0.4, -0.2) is 50.5 Å². The number of rotatable bonds is 10. The second kappa shape index (κ2) is 11.7. The van der Waals surface area contributed by atoms with Gasteiger partial charge in [0, 0.05) is 23.7 Å². The molecule has 0 radical (unpaired) electrons. The number of nitrogens with zero attached hydrogens (tertiary/aromatic N) is 2. The summed E-state index contributed by atoms with van der Waals surface area (Å²) < 4.78 is 40.2. The number of hydrogen-bond donors (Lipinski definition) is 1. The molecule has 11 heteroatoms. The number of hydrogen-bond acceptors (Lipinski definition) is 4. The van der Waals surface area contributed by atoms with Gasteiger partial charge in [0.25, 0.3) is 0 Å². The zero-order valence-electron chi connectivity index (χ0n) is 18.5. The lowest BCUT2D eigenvalue weighted by atomic mass is 10.1. The maximum absolute atomic E-state index is 14.3. The van der Waals surface area contributed by atoms with E-state index < -0.39 is 40.2 Å². The van der Waals surface area contributed by atoms with Crippen LogP contribution in [0.25, 0.3) is 0 Å². The third-order valence-corrected chi connectivity index (χ3v) is 6.54. The molecule has 180 valence electrons. The first-order valence-electron chi connectivity index (χ1n) is 10.2. The van der Waals surface area contributed by atoms with E-state index in [2.05, 4.69) is 5.32 Å². The summed E-state index contributed by atoms with van der Waals surface area (Å²) in [4.78, 5) is 27.1. The molecule has 0 heterocycles. The summed E-state index contributed by atoms with van der Waals surface area (Å²) in [6.45, 7) is 2.93. The number of sulfonamides is 1. The Balaban J connectivity index is 2.42. The lowest BCUT2D eigenvalue weighted by molar-refractivity contribution is -0.139. The molecule has 1 atom stereocenters. The van der Waals surface area contributed by atoms with E-state index in [1.54, 1.807) is 6.07 Å². The van der Waals surface area contributed by atoms with E-state index in [1.807, 2.05) is 6.92 Å². The van der Waals surface area contributed by atoms with Crippen LogP contribution in [0.4, 0.5) is 10.1 Å². The van der Waals surface area contributed by atoms with Gasteiger partial charge >= 0.3 is 0 Å². The van der Waals surface area contributed by atoms with E-state index in [0.29, 0.717) is 18.0 Å². The highest BCUT2D eigenvalue weighted by Gasteiger charge is 2.31. The van der Waals surface area contributed by atoms with Crippen molar-refractivity contribution in [2.45, 2.75) is 32.9 Å². The molecular formula is C22H26Cl2FN3O4S. The fourth-order valence-electron chi connectivity index (χ4n) is 3.07. The Morgan fingerprint density at radius 2 is 1.82 bits per heavy atom. The second-order valence-corrected chi connectivity index (χ2v) is 10.2. The van der Waals surface area contributed by atoms with E-state index in [-0.39, 0.29) is 22.8 Å². The second-order valence-electron chi connectivity index (χ2n) is 7.45. The van der Waals surface area contributed by atoms with Crippen LogP contribution in [0, 0.1) is 5.82 Å². The third-order valence-electron chi connectivity index (χ3n) is 4.87. The van der Waals surface area contributed by atoms with Gasteiger partial charge in [0.1, 0.15) is 18.4 Å². The molecule has 0 spiro atoms. The summed E-state index contributed by atoms with van der Waals surface area (Å²) in [5, 5.41) is 3.04. The summed E-state index contributed by atoms with van der Waals surface area (Å²) in [5.41, 5.74) is 0.252. The van der Waals surface area contributed by atoms with Crippen LogP contribution in [0.15, 0.2) is 42.5 Å². The van der Waals surface area contributed by atoms with Gasteiger partial charge < -0.3 is 10.2 Å². The maximum atomic E-state index is 14.3. The van der Waals surface area contributed by atoms with Gasteiger partial charge in [-0.3, -0.25) is 13.9 Å². The van der Waals surface area contributed by atoms with Crippen LogP contribution in [0.1, 0.15) is 25.8 Å². The summed E-state index contributed by atoms with van der Waals surface area (Å²) in [5.74, 6) is -1.68. The highest BCUT2D eigenvalue weighted by atomic mass is 35.5. The molecule has 0 fully saturated rings. The van der Waals surface area contributed by atoms with Crippen molar-refractivity contribution in [3.63, 3.8) is 0 Å². The Bertz CT molecular complexity index is 1110. The Morgan fingerprint density at radius 1 is 1.15 bits per heavy atom. The van der Waals surface area contributed by atoms with Gasteiger partial charge in [0.2, 0.25) is 21.8 Å². The van der Waals surface area contributed by atoms with Crippen molar-refractivity contribution in [2.75, 3.05) is 23.7 Å². The van der Waals surface area contributed by atoms with E-state index in [4.69, 9.17) is 23.2 Å². The monoisotopic (exact) mass is 517 g/mol. The SMILES string of the molecule is CCCNC(=O)[C@H](C)N(Cc1ccccc1F)C(=O)CN(c1ccc(Cl)cc1Cl)S(C)(=O)=O. The molecule has 0 saturated carbocycles. The van der Waals surface area contributed by atoms with Crippen LogP contribution >= 0.6 is 23.2 Å². The smallest absolute Gasteiger partial charge is 0.244 e. The number of benzene rings is 2. The van der Waals surface area contributed by atoms with Crippen molar-refractivity contribution in [1.29, 1.82) is 0 Å². The number of amides is 2. The van der Waals surface area contributed by atoms with Gasteiger partial charge in [0.15, 0.2) is 0 Å². The minimum Gasteiger partial charge on any atom is -0.354 e. The Hall–Kier alpha value is -2.36.